The molecule has 1 unspecified atom stereocenters. The number of aliphatic hydroxyl groups excluding tert-OH is 1. The number of primary amides is 1. The lowest BCUT2D eigenvalue weighted by molar-refractivity contribution is -0.142. The van der Waals surface area contributed by atoms with Gasteiger partial charge in [-0.05, 0) is 43.4 Å². The Balaban J connectivity index is 1.89. The van der Waals surface area contributed by atoms with E-state index < -0.39 is 48.4 Å². The largest absolute Gasteiger partial charge is 0.461 e. The number of benzene rings is 1. The molecule has 0 saturated carbocycles. The Morgan fingerprint density at radius 3 is 2.19 bits per heavy atom. The highest BCUT2D eigenvalue weighted by atomic mass is 16.5. The van der Waals surface area contributed by atoms with E-state index in [2.05, 4.69) is 21.3 Å². The van der Waals surface area contributed by atoms with Crippen molar-refractivity contribution in [3.63, 3.8) is 0 Å². The first-order chi connectivity index (χ1) is 20.5. The number of unbranched alkanes of at least 4 members (excludes halogenated alkanes) is 2. The molecular formula is C28H38N6O9. The second-order valence-electron chi connectivity index (χ2n) is 9.74. The molecule has 0 aliphatic carbocycles. The fraction of sp³-hybridized carbons (Fsp3) is 0.464. The van der Waals surface area contributed by atoms with Gasteiger partial charge in [0, 0.05) is 44.3 Å². The van der Waals surface area contributed by atoms with Crippen LogP contribution in [0.4, 0.5) is 10.5 Å². The van der Waals surface area contributed by atoms with Gasteiger partial charge in [-0.2, -0.15) is 0 Å². The van der Waals surface area contributed by atoms with Crippen LogP contribution in [0, 0.1) is 0 Å². The number of nitrogens with two attached hydrogens (primary N) is 1. The topological polar surface area (TPSA) is 226 Å². The molecule has 0 aromatic heterocycles. The summed E-state index contributed by atoms with van der Waals surface area (Å²) in [6.45, 7) is 1.04. The van der Waals surface area contributed by atoms with Gasteiger partial charge < -0.3 is 36.8 Å². The lowest BCUT2D eigenvalue weighted by atomic mass is 10.1. The van der Waals surface area contributed by atoms with Crippen LogP contribution >= 0.6 is 0 Å². The second-order valence-corrected chi connectivity index (χ2v) is 9.74. The molecule has 0 saturated heterocycles. The molecule has 1 aliphatic rings. The molecule has 234 valence electrons. The summed E-state index contributed by atoms with van der Waals surface area (Å²) in [5.74, 6) is -3.02. The van der Waals surface area contributed by atoms with E-state index in [4.69, 9.17) is 10.5 Å². The number of hydrogen-bond donors (Lipinski definition) is 6. The average Bonchev–Trinajstić information content (AvgIpc) is 3.28. The van der Waals surface area contributed by atoms with Crippen LogP contribution in [0.15, 0.2) is 36.4 Å². The highest BCUT2D eigenvalue weighted by Crippen LogP contribution is 2.12. The lowest BCUT2D eigenvalue weighted by Gasteiger charge is -2.22. The van der Waals surface area contributed by atoms with Crippen molar-refractivity contribution in [2.45, 2.75) is 64.1 Å². The number of nitrogens with zero attached hydrogens (tertiary/aromatic N) is 1. The Labute approximate surface area is 248 Å². The van der Waals surface area contributed by atoms with Crippen molar-refractivity contribution in [3.8, 4) is 0 Å². The fourth-order valence-electron chi connectivity index (χ4n) is 4.00. The summed E-state index contributed by atoms with van der Waals surface area (Å²) in [7, 11) is 0. The maximum absolute atomic E-state index is 13.0. The van der Waals surface area contributed by atoms with E-state index >= 15 is 0 Å². The summed E-state index contributed by atoms with van der Waals surface area (Å²) in [5, 5.41) is 19.8. The van der Waals surface area contributed by atoms with Crippen LogP contribution in [0.5, 0.6) is 0 Å². The van der Waals surface area contributed by atoms with Crippen molar-refractivity contribution < 1.29 is 43.4 Å². The normalized spacial score (nSPS) is 13.7. The molecule has 7 N–H and O–H groups in total. The zero-order chi connectivity index (χ0) is 31.8. The maximum Gasteiger partial charge on any atom is 0.312 e. The number of carbonyl (C=O) groups excluding carboxylic acids is 7. The zero-order valence-electron chi connectivity index (χ0n) is 23.9. The van der Waals surface area contributed by atoms with Crippen LogP contribution in [0.2, 0.25) is 0 Å². The number of hydrogen-bond acceptors (Lipinski definition) is 9. The van der Waals surface area contributed by atoms with Crippen molar-refractivity contribution in [1.29, 1.82) is 0 Å². The zero-order valence-corrected chi connectivity index (χ0v) is 23.9. The first-order valence-electron chi connectivity index (χ1n) is 13.8. The van der Waals surface area contributed by atoms with Crippen molar-refractivity contribution in [1.82, 2.24) is 20.9 Å². The summed E-state index contributed by atoms with van der Waals surface area (Å²) in [4.78, 5) is 84.6. The van der Waals surface area contributed by atoms with Crippen LogP contribution in [0.3, 0.4) is 0 Å². The standard InChI is InChI=1S/C28H38N6O9/c1-18(36)43-17-19-8-10-20(11-9-19)31-26(40)21(6-5-14-30-28(29)42)33-27(41)22(16-35)32-23(37)7-3-2-4-15-34-24(38)12-13-25(34)39/h8-13,21-22,35H,2-7,14-17H2,1H3,(H,31,40)(H,32,37)(H,33,41)(H3,29,30,42)/t21?,22-/m0/s1. The number of imide groups is 1. The molecule has 0 fully saturated rings. The van der Waals surface area contributed by atoms with Gasteiger partial charge in [0.05, 0.1) is 6.61 Å². The summed E-state index contributed by atoms with van der Waals surface area (Å²) >= 11 is 0. The molecule has 0 spiro atoms. The Hall–Kier alpha value is -4.79. The van der Waals surface area contributed by atoms with Crippen molar-refractivity contribution in [2.24, 2.45) is 5.73 Å². The van der Waals surface area contributed by atoms with E-state index in [0.29, 0.717) is 30.5 Å². The van der Waals surface area contributed by atoms with Gasteiger partial charge >= 0.3 is 12.0 Å². The monoisotopic (exact) mass is 602 g/mol. The van der Waals surface area contributed by atoms with Gasteiger partial charge in [-0.1, -0.05) is 18.6 Å². The van der Waals surface area contributed by atoms with Gasteiger partial charge in [-0.25, -0.2) is 4.79 Å². The van der Waals surface area contributed by atoms with Crippen LogP contribution in [0.1, 0.15) is 51.0 Å². The number of nitrogens with one attached hydrogen (secondary N) is 4. The number of ether oxygens (including phenoxy) is 1. The molecule has 1 aliphatic heterocycles. The molecule has 1 heterocycles. The maximum atomic E-state index is 13.0. The average molecular weight is 603 g/mol. The number of aliphatic hydroxyl groups is 1. The lowest BCUT2D eigenvalue weighted by Crippen LogP contribution is -2.54. The Morgan fingerprint density at radius 1 is 0.907 bits per heavy atom. The molecule has 1 aromatic carbocycles. The van der Waals surface area contributed by atoms with E-state index in [1.807, 2.05) is 0 Å². The first-order valence-corrected chi connectivity index (χ1v) is 13.8. The van der Waals surface area contributed by atoms with E-state index in [9.17, 15) is 38.7 Å². The molecule has 1 aromatic rings. The minimum absolute atomic E-state index is 0.0417. The molecule has 15 nitrogen and oxygen atoms in total. The molecule has 0 bridgehead atoms. The quantitative estimate of drug-likeness (QED) is 0.0728. The van der Waals surface area contributed by atoms with Gasteiger partial charge in [0.25, 0.3) is 11.8 Å². The summed E-state index contributed by atoms with van der Waals surface area (Å²) in [5.41, 5.74) is 6.18. The number of carbonyl (C=O) groups is 7. The molecule has 15 heteroatoms. The molecular weight excluding hydrogens is 564 g/mol. The number of anilines is 1. The first kappa shape index (κ1) is 34.4. The van der Waals surface area contributed by atoms with Crippen molar-refractivity contribution in [3.05, 3.63) is 42.0 Å². The number of amides is 7. The van der Waals surface area contributed by atoms with Crippen LogP contribution in [-0.2, 0) is 40.1 Å². The SMILES string of the molecule is CC(=O)OCc1ccc(NC(=O)C(CCCNC(N)=O)NC(=O)[C@H](CO)NC(=O)CCCCCN2C(=O)C=CC2=O)cc1. The van der Waals surface area contributed by atoms with Gasteiger partial charge in [0.1, 0.15) is 18.7 Å². The smallest absolute Gasteiger partial charge is 0.312 e. The van der Waals surface area contributed by atoms with Crippen molar-refractivity contribution in [2.75, 3.05) is 25.0 Å². The minimum Gasteiger partial charge on any atom is -0.461 e. The Morgan fingerprint density at radius 2 is 1.58 bits per heavy atom. The van der Waals surface area contributed by atoms with Gasteiger partial charge in [0.15, 0.2) is 0 Å². The highest BCUT2D eigenvalue weighted by molar-refractivity contribution is 6.12. The van der Waals surface area contributed by atoms with Crippen LogP contribution in [-0.4, -0.2) is 83.3 Å². The Bertz CT molecular complexity index is 1180. The number of urea groups is 1. The van der Waals surface area contributed by atoms with Gasteiger partial charge in [-0.3, -0.25) is 33.7 Å². The predicted octanol–water partition coefficient (Wildman–Crippen LogP) is -0.416. The van der Waals surface area contributed by atoms with Crippen LogP contribution < -0.4 is 27.0 Å². The van der Waals surface area contributed by atoms with E-state index in [-0.39, 0.29) is 50.8 Å². The minimum atomic E-state index is -1.32. The van der Waals surface area contributed by atoms with E-state index in [1.165, 1.54) is 19.1 Å². The molecule has 2 rings (SSSR count). The summed E-state index contributed by atoms with van der Waals surface area (Å²) in [6, 6.07) is 3.36. The van der Waals surface area contributed by atoms with Crippen LogP contribution in [0.25, 0.3) is 0 Å². The summed E-state index contributed by atoms with van der Waals surface area (Å²) < 4.78 is 4.93. The summed E-state index contributed by atoms with van der Waals surface area (Å²) in [6.07, 6.45) is 4.31. The van der Waals surface area contributed by atoms with Crippen molar-refractivity contribution >= 4 is 47.2 Å². The molecule has 2 atom stereocenters. The fourth-order valence-corrected chi connectivity index (χ4v) is 4.00. The van der Waals surface area contributed by atoms with Gasteiger partial charge in [0.2, 0.25) is 17.7 Å². The molecule has 0 radical (unpaired) electrons. The predicted molar refractivity (Wildman–Crippen MR) is 153 cm³/mol. The molecule has 7 amide bonds. The van der Waals surface area contributed by atoms with E-state index in [0.717, 1.165) is 4.90 Å². The molecule has 43 heavy (non-hydrogen) atoms. The second kappa shape index (κ2) is 17.9. The Kier molecular flexibility index (Phi) is 14.3. The van der Waals surface area contributed by atoms with E-state index in [1.54, 1.807) is 24.3 Å². The third-order valence-corrected chi connectivity index (χ3v) is 6.29. The van der Waals surface area contributed by atoms with Gasteiger partial charge in [-0.15, -0.1) is 0 Å². The number of esters is 1. The highest BCUT2D eigenvalue weighted by Gasteiger charge is 2.27. The number of rotatable bonds is 18. The third kappa shape index (κ3) is 12.7. The third-order valence-electron chi connectivity index (χ3n) is 6.29.